The first-order valence-corrected chi connectivity index (χ1v) is 7.15. The Morgan fingerprint density at radius 3 is 2.20 bits per heavy atom. The van der Waals surface area contributed by atoms with Gasteiger partial charge >= 0.3 is 12.0 Å². The van der Waals surface area contributed by atoms with Crippen LogP contribution >= 0.6 is 0 Å². The third-order valence-electron chi connectivity index (χ3n) is 3.73. The maximum atomic E-state index is 12.5. The molecule has 0 bridgehead atoms. The number of urea groups is 1. The third kappa shape index (κ3) is 4.67. The molecule has 6 heteroatoms. The zero-order valence-corrected chi connectivity index (χ0v) is 12.6. The van der Waals surface area contributed by atoms with Crippen LogP contribution < -0.4 is 0 Å². The predicted octanol–water partition coefficient (Wildman–Crippen LogP) is 1.39. The summed E-state index contributed by atoms with van der Waals surface area (Å²) in [6.07, 6.45) is 1.56. The number of aliphatic hydroxyl groups excluding tert-OH is 1. The van der Waals surface area contributed by atoms with Crippen molar-refractivity contribution in [3.8, 4) is 0 Å². The Balaban J connectivity index is 2.66. The van der Waals surface area contributed by atoms with E-state index in [1.54, 1.807) is 9.80 Å². The number of carbonyl (C=O) groups excluding carboxylic acids is 1. The Labute approximate surface area is 120 Å². The molecule has 1 aliphatic rings. The van der Waals surface area contributed by atoms with Crippen molar-refractivity contribution >= 4 is 12.0 Å². The first-order chi connectivity index (χ1) is 9.25. The number of carboxylic acids is 1. The SMILES string of the molecule is CC(C)(C)N(CCC(=O)O)C(=O)N1CCC(CO)CC1. The van der Waals surface area contributed by atoms with E-state index in [2.05, 4.69) is 0 Å². The van der Waals surface area contributed by atoms with E-state index in [9.17, 15) is 9.59 Å². The van der Waals surface area contributed by atoms with Gasteiger partial charge in [-0.25, -0.2) is 4.79 Å². The van der Waals surface area contributed by atoms with Crippen molar-refractivity contribution in [1.82, 2.24) is 9.80 Å². The molecule has 1 fully saturated rings. The van der Waals surface area contributed by atoms with Crippen molar-refractivity contribution < 1.29 is 19.8 Å². The molecule has 1 saturated heterocycles. The van der Waals surface area contributed by atoms with E-state index in [4.69, 9.17) is 10.2 Å². The Hall–Kier alpha value is -1.30. The van der Waals surface area contributed by atoms with Crippen molar-refractivity contribution in [1.29, 1.82) is 0 Å². The van der Waals surface area contributed by atoms with E-state index in [-0.39, 0.29) is 31.5 Å². The van der Waals surface area contributed by atoms with Gasteiger partial charge in [0.15, 0.2) is 0 Å². The first-order valence-electron chi connectivity index (χ1n) is 7.15. The Kier molecular flexibility index (Phi) is 5.80. The molecular formula is C14H26N2O4. The number of nitrogens with zero attached hydrogens (tertiary/aromatic N) is 2. The predicted molar refractivity (Wildman–Crippen MR) is 75.5 cm³/mol. The van der Waals surface area contributed by atoms with Crippen LogP contribution in [0.15, 0.2) is 0 Å². The van der Waals surface area contributed by atoms with Crippen LogP contribution in [0.4, 0.5) is 4.79 Å². The van der Waals surface area contributed by atoms with Crippen LogP contribution in [-0.4, -0.2) is 63.8 Å². The van der Waals surface area contributed by atoms with Crippen LogP contribution in [0.2, 0.25) is 0 Å². The second kappa shape index (κ2) is 6.92. The Morgan fingerprint density at radius 1 is 1.25 bits per heavy atom. The normalized spacial score (nSPS) is 17.1. The molecule has 0 aromatic heterocycles. The van der Waals surface area contributed by atoms with Gasteiger partial charge in [-0.3, -0.25) is 4.79 Å². The molecule has 2 amide bonds. The highest BCUT2D eigenvalue weighted by Gasteiger charge is 2.32. The molecule has 0 aromatic rings. The van der Waals surface area contributed by atoms with Crippen LogP contribution in [0.5, 0.6) is 0 Å². The number of hydrogen-bond donors (Lipinski definition) is 2. The molecule has 0 radical (unpaired) electrons. The Morgan fingerprint density at radius 2 is 1.80 bits per heavy atom. The van der Waals surface area contributed by atoms with Crippen molar-refractivity contribution in [2.45, 2.75) is 45.6 Å². The fourth-order valence-electron chi connectivity index (χ4n) is 2.40. The van der Waals surface area contributed by atoms with Crippen LogP contribution in [0.1, 0.15) is 40.0 Å². The number of aliphatic hydroxyl groups is 1. The van der Waals surface area contributed by atoms with E-state index < -0.39 is 11.5 Å². The highest BCUT2D eigenvalue weighted by molar-refractivity contribution is 5.76. The van der Waals surface area contributed by atoms with Crippen molar-refractivity contribution in [3.05, 3.63) is 0 Å². The van der Waals surface area contributed by atoms with Crippen LogP contribution in [-0.2, 0) is 4.79 Å². The summed E-state index contributed by atoms with van der Waals surface area (Å²) in [5.74, 6) is -0.618. The molecule has 0 unspecified atom stereocenters. The van der Waals surface area contributed by atoms with E-state index >= 15 is 0 Å². The molecule has 1 heterocycles. The first kappa shape index (κ1) is 16.8. The summed E-state index contributed by atoms with van der Waals surface area (Å²) in [5, 5.41) is 17.9. The molecule has 20 heavy (non-hydrogen) atoms. The fourth-order valence-corrected chi connectivity index (χ4v) is 2.40. The summed E-state index contributed by atoms with van der Waals surface area (Å²) in [7, 11) is 0. The van der Waals surface area contributed by atoms with Gasteiger partial charge in [-0.1, -0.05) is 0 Å². The lowest BCUT2D eigenvalue weighted by molar-refractivity contribution is -0.137. The van der Waals surface area contributed by atoms with Gasteiger partial charge in [0, 0.05) is 31.8 Å². The molecule has 1 rings (SSSR count). The number of piperidine rings is 1. The molecule has 2 N–H and O–H groups in total. The quantitative estimate of drug-likeness (QED) is 0.818. The molecule has 1 aliphatic heterocycles. The van der Waals surface area contributed by atoms with Crippen LogP contribution in [0.25, 0.3) is 0 Å². The molecule has 6 nitrogen and oxygen atoms in total. The number of amides is 2. The van der Waals surface area contributed by atoms with E-state index in [0.717, 1.165) is 12.8 Å². The minimum atomic E-state index is -0.897. The number of aliphatic carboxylic acids is 1. The highest BCUT2D eigenvalue weighted by Crippen LogP contribution is 2.21. The fraction of sp³-hybridized carbons (Fsp3) is 0.857. The monoisotopic (exact) mass is 286 g/mol. The molecule has 0 atom stereocenters. The maximum Gasteiger partial charge on any atom is 0.320 e. The van der Waals surface area contributed by atoms with E-state index in [0.29, 0.717) is 13.1 Å². The molecule has 116 valence electrons. The summed E-state index contributed by atoms with van der Waals surface area (Å²) < 4.78 is 0. The van der Waals surface area contributed by atoms with Gasteiger partial charge in [-0.2, -0.15) is 0 Å². The van der Waals surface area contributed by atoms with Gasteiger partial charge in [0.05, 0.1) is 6.42 Å². The second-order valence-corrected chi connectivity index (χ2v) is 6.36. The van der Waals surface area contributed by atoms with Crippen molar-refractivity contribution in [2.24, 2.45) is 5.92 Å². The molecule has 0 saturated carbocycles. The summed E-state index contributed by atoms with van der Waals surface area (Å²) >= 11 is 0. The zero-order valence-electron chi connectivity index (χ0n) is 12.6. The van der Waals surface area contributed by atoms with Gasteiger partial charge in [0.1, 0.15) is 0 Å². The lowest BCUT2D eigenvalue weighted by atomic mass is 9.98. The minimum absolute atomic E-state index is 0.0455. The Bertz CT molecular complexity index is 344. The van der Waals surface area contributed by atoms with Crippen molar-refractivity contribution in [2.75, 3.05) is 26.2 Å². The molecule has 0 aromatic carbocycles. The second-order valence-electron chi connectivity index (χ2n) is 6.36. The van der Waals surface area contributed by atoms with Gasteiger partial charge in [0.25, 0.3) is 0 Å². The summed E-state index contributed by atoms with van der Waals surface area (Å²) in [6, 6.07) is -0.102. The van der Waals surface area contributed by atoms with Gasteiger partial charge in [-0.15, -0.1) is 0 Å². The van der Waals surface area contributed by atoms with E-state index in [1.165, 1.54) is 0 Å². The zero-order chi connectivity index (χ0) is 15.3. The molecule has 0 spiro atoms. The van der Waals surface area contributed by atoms with Gasteiger partial charge < -0.3 is 20.0 Å². The maximum absolute atomic E-state index is 12.5. The third-order valence-corrected chi connectivity index (χ3v) is 3.73. The van der Waals surface area contributed by atoms with Crippen LogP contribution in [0, 0.1) is 5.92 Å². The lowest BCUT2D eigenvalue weighted by Gasteiger charge is -2.41. The average molecular weight is 286 g/mol. The minimum Gasteiger partial charge on any atom is -0.481 e. The average Bonchev–Trinajstić information content (AvgIpc) is 2.37. The number of carboxylic acid groups (broad SMARTS) is 1. The molecular weight excluding hydrogens is 260 g/mol. The smallest absolute Gasteiger partial charge is 0.320 e. The standard InChI is InChI=1S/C14H26N2O4/c1-14(2,3)16(9-6-12(18)19)13(20)15-7-4-11(10-17)5-8-15/h11,17H,4-10H2,1-3H3,(H,18,19). The topological polar surface area (TPSA) is 81.1 Å². The number of hydrogen-bond acceptors (Lipinski definition) is 3. The van der Waals surface area contributed by atoms with E-state index in [1.807, 2.05) is 20.8 Å². The summed E-state index contributed by atoms with van der Waals surface area (Å²) in [5.41, 5.74) is -0.402. The number of rotatable bonds is 4. The largest absolute Gasteiger partial charge is 0.481 e. The van der Waals surface area contributed by atoms with Gasteiger partial charge in [-0.05, 0) is 39.5 Å². The number of carbonyl (C=O) groups is 2. The highest BCUT2D eigenvalue weighted by atomic mass is 16.4. The van der Waals surface area contributed by atoms with Gasteiger partial charge in [0.2, 0.25) is 0 Å². The summed E-state index contributed by atoms with van der Waals surface area (Å²) in [4.78, 5) is 26.7. The molecule has 0 aliphatic carbocycles. The van der Waals surface area contributed by atoms with Crippen LogP contribution in [0.3, 0.4) is 0 Å². The summed E-state index contributed by atoms with van der Waals surface area (Å²) in [6.45, 7) is 7.38. The number of likely N-dealkylation sites (tertiary alicyclic amines) is 1. The van der Waals surface area contributed by atoms with Crippen molar-refractivity contribution in [3.63, 3.8) is 0 Å². The lowest BCUT2D eigenvalue weighted by Crippen LogP contribution is -2.54.